The Bertz CT molecular complexity index is 821. The van der Waals surface area contributed by atoms with Gasteiger partial charge in [-0.3, -0.25) is 4.79 Å². The van der Waals surface area contributed by atoms with Crippen LogP contribution in [-0.4, -0.2) is 32.2 Å². The zero-order valence-corrected chi connectivity index (χ0v) is 16.5. The Morgan fingerprint density at radius 3 is 2.59 bits per heavy atom. The molecule has 2 aromatic rings. The number of anilines is 1. The summed E-state index contributed by atoms with van der Waals surface area (Å²) in [6.07, 6.45) is 3.39. The lowest BCUT2D eigenvalue weighted by Gasteiger charge is -2.15. The molecule has 1 aromatic carbocycles. The number of hydrogen-bond acceptors (Lipinski definition) is 6. The van der Waals surface area contributed by atoms with Gasteiger partial charge in [0.2, 0.25) is 0 Å². The predicted molar refractivity (Wildman–Crippen MR) is 104 cm³/mol. The van der Waals surface area contributed by atoms with Crippen LogP contribution in [0.2, 0.25) is 0 Å². The molecule has 1 aliphatic carbocycles. The minimum absolute atomic E-state index is 0.434. The van der Waals surface area contributed by atoms with Crippen molar-refractivity contribution in [2.75, 3.05) is 19.5 Å². The molecular weight excluding hydrogens is 366 g/mol. The first-order valence-electron chi connectivity index (χ1n) is 8.87. The molecule has 6 nitrogen and oxygen atoms in total. The summed E-state index contributed by atoms with van der Waals surface area (Å²) >= 11 is 1.47. The molecular formula is C20H23NO5S. The summed E-state index contributed by atoms with van der Waals surface area (Å²) in [7, 11) is 3.05. The number of esters is 1. The Morgan fingerprint density at radius 2 is 1.89 bits per heavy atom. The van der Waals surface area contributed by atoms with Crippen LogP contribution in [0.3, 0.4) is 0 Å². The fourth-order valence-corrected chi connectivity index (χ4v) is 4.15. The van der Waals surface area contributed by atoms with Gasteiger partial charge in [0.15, 0.2) is 6.10 Å². The summed E-state index contributed by atoms with van der Waals surface area (Å²) in [6, 6.07) is 6.98. The molecule has 3 rings (SSSR count). The molecule has 1 unspecified atom stereocenters. The fraction of sp³-hybridized carbons (Fsp3) is 0.400. The van der Waals surface area contributed by atoms with Crippen LogP contribution < -0.4 is 14.8 Å². The van der Waals surface area contributed by atoms with Crippen molar-refractivity contribution in [3.05, 3.63) is 39.6 Å². The van der Waals surface area contributed by atoms with E-state index in [9.17, 15) is 9.59 Å². The first kappa shape index (κ1) is 19.2. The second-order valence-electron chi connectivity index (χ2n) is 6.37. The standard InChI is InChI=1S/C20H23NO5S/c1-12(19(22)21-15-11-14(24-2)8-9-16(15)25-3)26-20(23)18-10-13-6-4-5-7-17(13)27-18/h8-12H,4-7H2,1-3H3,(H,21,22). The molecule has 1 aromatic heterocycles. The van der Waals surface area contributed by atoms with E-state index in [1.807, 2.05) is 6.07 Å². The van der Waals surface area contributed by atoms with Crippen LogP contribution in [0.5, 0.6) is 11.5 Å². The number of nitrogens with one attached hydrogen (secondary N) is 1. The van der Waals surface area contributed by atoms with E-state index in [2.05, 4.69) is 5.32 Å². The number of fused-ring (bicyclic) bond motifs is 1. The van der Waals surface area contributed by atoms with Crippen LogP contribution in [-0.2, 0) is 22.4 Å². The SMILES string of the molecule is COc1ccc(OC)c(NC(=O)C(C)OC(=O)c2cc3c(s2)CCCC3)c1. The first-order valence-corrected chi connectivity index (χ1v) is 9.69. The lowest BCUT2D eigenvalue weighted by molar-refractivity contribution is -0.123. The fourth-order valence-electron chi connectivity index (χ4n) is 3.01. The minimum Gasteiger partial charge on any atom is -0.497 e. The summed E-state index contributed by atoms with van der Waals surface area (Å²) in [5.74, 6) is 0.180. The van der Waals surface area contributed by atoms with E-state index >= 15 is 0 Å². The number of methoxy groups -OCH3 is 2. The zero-order valence-electron chi connectivity index (χ0n) is 15.7. The highest BCUT2D eigenvalue weighted by Crippen LogP contribution is 2.31. The largest absolute Gasteiger partial charge is 0.497 e. The maximum Gasteiger partial charge on any atom is 0.349 e. The third-order valence-electron chi connectivity index (χ3n) is 4.52. The Kier molecular flexibility index (Phi) is 6.01. The highest BCUT2D eigenvalue weighted by Gasteiger charge is 2.23. The van der Waals surface area contributed by atoms with Gasteiger partial charge < -0.3 is 19.5 Å². The molecule has 1 N–H and O–H groups in total. The number of thiophene rings is 1. The van der Waals surface area contributed by atoms with Crippen molar-refractivity contribution in [2.24, 2.45) is 0 Å². The normalized spacial score (nSPS) is 14.0. The molecule has 0 bridgehead atoms. The van der Waals surface area contributed by atoms with Crippen LogP contribution in [0.1, 0.15) is 39.9 Å². The zero-order chi connectivity index (χ0) is 19.4. The summed E-state index contributed by atoms with van der Waals surface area (Å²) in [4.78, 5) is 26.7. The number of hydrogen-bond donors (Lipinski definition) is 1. The lowest BCUT2D eigenvalue weighted by Crippen LogP contribution is -2.30. The number of rotatable bonds is 6. The quantitative estimate of drug-likeness (QED) is 0.760. The maximum absolute atomic E-state index is 12.5. The van der Waals surface area contributed by atoms with Gasteiger partial charge in [0, 0.05) is 10.9 Å². The second-order valence-corrected chi connectivity index (χ2v) is 7.51. The molecule has 0 spiro atoms. The lowest BCUT2D eigenvalue weighted by atomic mass is 9.99. The monoisotopic (exact) mass is 389 g/mol. The van der Waals surface area contributed by atoms with Gasteiger partial charge in [-0.2, -0.15) is 0 Å². The van der Waals surface area contributed by atoms with E-state index in [1.165, 1.54) is 28.9 Å². The van der Waals surface area contributed by atoms with Gasteiger partial charge in [-0.05, 0) is 56.4 Å². The van der Waals surface area contributed by atoms with E-state index in [1.54, 1.807) is 32.2 Å². The number of carbonyl (C=O) groups is 2. The van der Waals surface area contributed by atoms with Crippen LogP contribution >= 0.6 is 11.3 Å². The van der Waals surface area contributed by atoms with Crippen molar-refractivity contribution in [3.63, 3.8) is 0 Å². The second kappa shape index (κ2) is 8.43. The molecule has 1 aliphatic rings. The van der Waals surface area contributed by atoms with Gasteiger partial charge in [-0.1, -0.05) is 0 Å². The third-order valence-corrected chi connectivity index (χ3v) is 5.73. The van der Waals surface area contributed by atoms with Gasteiger partial charge in [0.05, 0.1) is 19.9 Å². The van der Waals surface area contributed by atoms with E-state index in [0.29, 0.717) is 22.1 Å². The van der Waals surface area contributed by atoms with Crippen LogP contribution in [0.25, 0.3) is 0 Å². The van der Waals surface area contributed by atoms with E-state index in [0.717, 1.165) is 25.7 Å². The van der Waals surface area contributed by atoms with Crippen LogP contribution in [0.15, 0.2) is 24.3 Å². The molecule has 1 atom stereocenters. The Balaban J connectivity index is 1.65. The van der Waals surface area contributed by atoms with Gasteiger partial charge >= 0.3 is 5.97 Å². The number of amides is 1. The summed E-state index contributed by atoms with van der Waals surface area (Å²) in [5, 5.41) is 2.72. The molecule has 144 valence electrons. The summed E-state index contributed by atoms with van der Waals surface area (Å²) in [5.41, 5.74) is 1.69. The summed E-state index contributed by atoms with van der Waals surface area (Å²) in [6.45, 7) is 1.55. The van der Waals surface area contributed by atoms with E-state index in [-0.39, 0.29) is 0 Å². The number of benzene rings is 1. The predicted octanol–water partition coefficient (Wildman–Crippen LogP) is 3.83. The smallest absolute Gasteiger partial charge is 0.349 e. The molecule has 7 heteroatoms. The van der Waals surface area contributed by atoms with Crippen molar-refractivity contribution in [1.29, 1.82) is 0 Å². The minimum atomic E-state index is -0.937. The van der Waals surface area contributed by atoms with Crippen LogP contribution in [0.4, 0.5) is 5.69 Å². The van der Waals surface area contributed by atoms with Crippen molar-refractivity contribution in [1.82, 2.24) is 0 Å². The first-order chi connectivity index (χ1) is 13.0. The summed E-state index contributed by atoms with van der Waals surface area (Å²) < 4.78 is 15.8. The molecule has 27 heavy (non-hydrogen) atoms. The molecule has 0 saturated heterocycles. The third kappa shape index (κ3) is 4.42. The van der Waals surface area contributed by atoms with Crippen molar-refractivity contribution >= 4 is 28.9 Å². The number of aryl methyl sites for hydroxylation is 2. The molecule has 1 heterocycles. The number of ether oxygens (including phenoxy) is 3. The maximum atomic E-state index is 12.5. The molecule has 0 saturated carbocycles. The Hall–Kier alpha value is -2.54. The number of carbonyl (C=O) groups excluding carboxylic acids is 2. The van der Waals surface area contributed by atoms with Crippen LogP contribution in [0, 0.1) is 0 Å². The molecule has 0 radical (unpaired) electrons. The Labute approximate surface area is 162 Å². The van der Waals surface area contributed by atoms with Gasteiger partial charge in [-0.15, -0.1) is 11.3 Å². The highest BCUT2D eigenvalue weighted by atomic mass is 32.1. The topological polar surface area (TPSA) is 73.9 Å². The van der Waals surface area contributed by atoms with Crippen molar-refractivity contribution < 1.29 is 23.8 Å². The van der Waals surface area contributed by atoms with Gasteiger partial charge in [0.25, 0.3) is 5.91 Å². The Morgan fingerprint density at radius 1 is 1.11 bits per heavy atom. The van der Waals surface area contributed by atoms with Gasteiger partial charge in [0.1, 0.15) is 16.4 Å². The highest BCUT2D eigenvalue weighted by molar-refractivity contribution is 7.14. The average Bonchev–Trinajstić information content (AvgIpc) is 3.12. The van der Waals surface area contributed by atoms with Gasteiger partial charge in [-0.25, -0.2) is 4.79 Å². The van der Waals surface area contributed by atoms with E-state index < -0.39 is 18.0 Å². The van der Waals surface area contributed by atoms with Crippen molar-refractivity contribution in [3.8, 4) is 11.5 Å². The molecule has 1 amide bonds. The van der Waals surface area contributed by atoms with E-state index in [4.69, 9.17) is 14.2 Å². The average molecular weight is 389 g/mol. The van der Waals surface area contributed by atoms with Crippen molar-refractivity contribution in [2.45, 2.75) is 38.7 Å². The molecule has 0 aliphatic heterocycles. The molecule has 0 fully saturated rings.